The van der Waals surface area contributed by atoms with E-state index in [4.69, 9.17) is 4.52 Å². The second-order valence-corrected chi connectivity index (χ2v) is 5.69. The molecule has 0 radical (unpaired) electrons. The van der Waals surface area contributed by atoms with Crippen molar-refractivity contribution in [2.24, 2.45) is 0 Å². The third-order valence-corrected chi connectivity index (χ3v) is 3.78. The average molecular weight is 305 g/mol. The van der Waals surface area contributed by atoms with E-state index in [0.29, 0.717) is 17.9 Å². The van der Waals surface area contributed by atoms with Crippen LogP contribution < -0.4 is 4.90 Å². The lowest BCUT2D eigenvalue weighted by molar-refractivity contribution is -0.138. The van der Waals surface area contributed by atoms with E-state index >= 15 is 0 Å². The molecule has 1 aliphatic rings. The molecule has 0 spiro atoms. The molecule has 7 heteroatoms. The van der Waals surface area contributed by atoms with E-state index in [1.165, 1.54) is 12.1 Å². The number of fused-ring (bicyclic) bond motifs is 1. The van der Waals surface area contributed by atoms with E-state index in [-0.39, 0.29) is 24.2 Å². The Morgan fingerprint density at radius 1 is 1.45 bits per heavy atom. The number of nitrogens with zero attached hydrogens (tertiary/aromatic N) is 3. The van der Waals surface area contributed by atoms with E-state index in [9.17, 15) is 14.3 Å². The van der Waals surface area contributed by atoms with Crippen LogP contribution in [0, 0.1) is 5.82 Å². The van der Waals surface area contributed by atoms with Gasteiger partial charge in [0.2, 0.25) is 0 Å². The van der Waals surface area contributed by atoms with E-state index in [2.05, 4.69) is 10.1 Å². The number of hydrogen-bond acceptors (Lipinski definition) is 5. The zero-order valence-corrected chi connectivity index (χ0v) is 12.3. The number of carbonyl (C=O) groups is 1. The summed E-state index contributed by atoms with van der Waals surface area (Å²) in [5, 5.41) is 13.3. The molecule has 1 atom stereocenters. The van der Waals surface area contributed by atoms with Gasteiger partial charge >= 0.3 is 12.0 Å². The molecule has 2 aromatic rings. The Bertz CT molecular complexity index is 714. The number of aliphatic carboxylic acids is 1. The minimum atomic E-state index is -1.00. The lowest BCUT2D eigenvalue weighted by atomic mass is 9.94. The Morgan fingerprint density at radius 2 is 2.23 bits per heavy atom. The fourth-order valence-electron chi connectivity index (χ4n) is 2.55. The first-order valence-corrected chi connectivity index (χ1v) is 7.06. The standard InChI is InChI=1S/C15H16FN3O3/c1-8(2)13-17-15(22-18-13)19-7-9-3-4-11(16)5-10(9)6-12(19)14(20)21/h3-5,8,12H,6-7H2,1-2H3,(H,20,21)/t12-/m0/s1. The molecular formula is C15H16FN3O3. The highest BCUT2D eigenvalue weighted by molar-refractivity contribution is 5.78. The molecule has 0 saturated carbocycles. The summed E-state index contributed by atoms with van der Waals surface area (Å²) in [6, 6.07) is 3.75. The summed E-state index contributed by atoms with van der Waals surface area (Å²) in [4.78, 5) is 17.4. The third-order valence-electron chi connectivity index (χ3n) is 3.78. The van der Waals surface area contributed by atoms with Crippen molar-refractivity contribution in [2.45, 2.75) is 38.8 Å². The fraction of sp³-hybridized carbons (Fsp3) is 0.400. The summed E-state index contributed by atoms with van der Waals surface area (Å²) >= 11 is 0. The van der Waals surface area contributed by atoms with Gasteiger partial charge in [0.25, 0.3) is 0 Å². The molecule has 1 aromatic heterocycles. The Morgan fingerprint density at radius 3 is 2.86 bits per heavy atom. The van der Waals surface area contributed by atoms with Crippen LogP contribution in [0.1, 0.15) is 36.7 Å². The van der Waals surface area contributed by atoms with Crippen LogP contribution in [0.5, 0.6) is 0 Å². The van der Waals surface area contributed by atoms with Crippen molar-refractivity contribution in [3.63, 3.8) is 0 Å². The number of halogens is 1. The van der Waals surface area contributed by atoms with Crippen LogP contribution >= 0.6 is 0 Å². The Labute approximate surface area is 126 Å². The summed E-state index contributed by atoms with van der Waals surface area (Å²) in [7, 11) is 0. The van der Waals surface area contributed by atoms with Gasteiger partial charge in [-0.3, -0.25) is 0 Å². The summed E-state index contributed by atoms with van der Waals surface area (Å²) in [6.45, 7) is 4.15. The molecule has 0 amide bonds. The van der Waals surface area contributed by atoms with Crippen LogP contribution in [0.15, 0.2) is 22.7 Å². The lowest BCUT2D eigenvalue weighted by Crippen LogP contribution is -2.46. The first kappa shape index (κ1) is 14.5. The normalized spacial score (nSPS) is 17.6. The van der Waals surface area contributed by atoms with Gasteiger partial charge < -0.3 is 14.5 Å². The highest BCUT2D eigenvalue weighted by Crippen LogP contribution is 2.29. The first-order valence-electron chi connectivity index (χ1n) is 7.06. The molecule has 0 fully saturated rings. The second-order valence-electron chi connectivity index (χ2n) is 5.69. The molecule has 0 saturated heterocycles. The highest BCUT2D eigenvalue weighted by atomic mass is 19.1. The predicted molar refractivity (Wildman–Crippen MR) is 76.1 cm³/mol. The number of carboxylic acid groups (broad SMARTS) is 1. The van der Waals surface area contributed by atoms with Gasteiger partial charge in [-0.2, -0.15) is 4.98 Å². The molecule has 0 bridgehead atoms. The van der Waals surface area contributed by atoms with E-state index in [0.717, 1.165) is 5.56 Å². The maximum absolute atomic E-state index is 13.3. The molecule has 1 N–H and O–H groups in total. The van der Waals surface area contributed by atoms with Gasteiger partial charge in [0.05, 0.1) is 0 Å². The monoisotopic (exact) mass is 305 g/mol. The molecule has 116 valence electrons. The van der Waals surface area contributed by atoms with Crippen LogP contribution in [0.25, 0.3) is 0 Å². The van der Waals surface area contributed by atoms with Crippen LogP contribution in [-0.4, -0.2) is 27.3 Å². The van der Waals surface area contributed by atoms with Gasteiger partial charge in [-0.25, -0.2) is 9.18 Å². The third kappa shape index (κ3) is 2.54. The zero-order valence-electron chi connectivity index (χ0n) is 12.3. The quantitative estimate of drug-likeness (QED) is 0.937. The van der Waals surface area contributed by atoms with Crippen molar-refractivity contribution in [1.82, 2.24) is 10.1 Å². The topological polar surface area (TPSA) is 79.5 Å². The van der Waals surface area contributed by atoms with Crippen LogP contribution in [-0.2, 0) is 17.8 Å². The highest BCUT2D eigenvalue weighted by Gasteiger charge is 2.35. The number of rotatable bonds is 3. The zero-order chi connectivity index (χ0) is 15.9. The summed E-state index contributed by atoms with van der Waals surface area (Å²) < 4.78 is 18.5. The van der Waals surface area contributed by atoms with Gasteiger partial charge in [0.15, 0.2) is 5.82 Å². The van der Waals surface area contributed by atoms with Crippen molar-refractivity contribution in [1.29, 1.82) is 0 Å². The number of hydrogen-bond donors (Lipinski definition) is 1. The molecule has 6 nitrogen and oxygen atoms in total. The minimum Gasteiger partial charge on any atom is -0.480 e. The van der Waals surface area contributed by atoms with Gasteiger partial charge in [-0.05, 0) is 23.3 Å². The molecule has 1 aromatic carbocycles. The molecule has 2 heterocycles. The van der Waals surface area contributed by atoms with Crippen LogP contribution in [0.3, 0.4) is 0 Å². The van der Waals surface area contributed by atoms with Gasteiger partial charge in [0, 0.05) is 18.9 Å². The molecule has 0 unspecified atom stereocenters. The van der Waals surface area contributed by atoms with E-state index < -0.39 is 12.0 Å². The van der Waals surface area contributed by atoms with E-state index in [1.54, 1.807) is 11.0 Å². The smallest absolute Gasteiger partial charge is 0.326 e. The summed E-state index contributed by atoms with van der Waals surface area (Å²) in [5.74, 6) is -0.744. The van der Waals surface area contributed by atoms with Crippen LogP contribution in [0.2, 0.25) is 0 Å². The predicted octanol–water partition coefficient (Wildman–Crippen LogP) is 2.35. The summed E-state index contributed by atoms with van der Waals surface area (Å²) in [5.41, 5.74) is 1.57. The maximum Gasteiger partial charge on any atom is 0.326 e. The summed E-state index contributed by atoms with van der Waals surface area (Å²) in [6.07, 6.45) is 0.196. The number of anilines is 1. The van der Waals surface area contributed by atoms with Gasteiger partial charge in [-0.15, -0.1) is 0 Å². The lowest BCUT2D eigenvalue weighted by Gasteiger charge is -2.32. The van der Waals surface area contributed by atoms with Crippen molar-refractivity contribution < 1.29 is 18.8 Å². The van der Waals surface area contributed by atoms with Crippen molar-refractivity contribution >= 4 is 12.0 Å². The second kappa shape index (κ2) is 5.40. The van der Waals surface area contributed by atoms with Crippen molar-refractivity contribution in [2.75, 3.05) is 4.90 Å². The van der Waals surface area contributed by atoms with E-state index in [1.807, 2.05) is 13.8 Å². The van der Waals surface area contributed by atoms with Gasteiger partial charge in [-0.1, -0.05) is 25.1 Å². The van der Waals surface area contributed by atoms with Crippen LogP contribution in [0.4, 0.5) is 10.4 Å². The number of carboxylic acids is 1. The molecule has 1 aliphatic heterocycles. The van der Waals surface area contributed by atoms with Gasteiger partial charge in [0.1, 0.15) is 11.9 Å². The fourth-order valence-corrected chi connectivity index (χ4v) is 2.55. The number of benzene rings is 1. The Hall–Kier alpha value is -2.44. The SMILES string of the molecule is CC(C)c1noc(N2Cc3ccc(F)cc3C[C@H]2C(=O)O)n1. The minimum absolute atomic E-state index is 0.0898. The molecule has 3 rings (SSSR count). The van der Waals surface area contributed by atoms with Crippen molar-refractivity contribution in [3.05, 3.63) is 41.0 Å². The Kier molecular flexibility index (Phi) is 3.56. The molecule has 0 aliphatic carbocycles. The average Bonchev–Trinajstić information content (AvgIpc) is 2.95. The Balaban J connectivity index is 1.97. The largest absolute Gasteiger partial charge is 0.480 e. The van der Waals surface area contributed by atoms with Crippen molar-refractivity contribution in [3.8, 4) is 0 Å². The molecular weight excluding hydrogens is 289 g/mol. The molecule has 22 heavy (non-hydrogen) atoms. The first-order chi connectivity index (χ1) is 10.5. The number of aromatic nitrogens is 2. The maximum atomic E-state index is 13.3.